The molecule has 0 spiro atoms. The summed E-state index contributed by atoms with van der Waals surface area (Å²) in [6.07, 6.45) is 0. The highest BCUT2D eigenvalue weighted by Gasteiger charge is 2.07. The Kier molecular flexibility index (Phi) is 5.46. The molecular weight excluding hydrogens is 264 g/mol. The van der Waals surface area contributed by atoms with Crippen LogP contribution in [-0.2, 0) is 6.54 Å². The molecule has 0 bridgehead atoms. The lowest BCUT2D eigenvalue weighted by Gasteiger charge is -2.22. The maximum absolute atomic E-state index is 5.83. The van der Waals surface area contributed by atoms with Crippen LogP contribution in [0.15, 0.2) is 48.5 Å². The molecule has 112 valence electrons. The molecule has 0 aliphatic rings. The molecule has 0 amide bonds. The number of hydrogen-bond acceptors (Lipinski definition) is 4. The van der Waals surface area contributed by atoms with E-state index in [2.05, 4.69) is 4.90 Å². The van der Waals surface area contributed by atoms with Crippen LogP contribution in [0.1, 0.15) is 5.56 Å². The van der Waals surface area contributed by atoms with Gasteiger partial charge < -0.3 is 20.1 Å². The van der Waals surface area contributed by atoms with E-state index in [9.17, 15) is 0 Å². The quantitative estimate of drug-likeness (QED) is 0.850. The number of likely N-dealkylation sites (N-methyl/N-ethyl adjacent to an activating group) is 1. The lowest BCUT2D eigenvalue weighted by molar-refractivity contribution is 0.322. The summed E-state index contributed by atoms with van der Waals surface area (Å²) in [6.45, 7) is 1.84. The van der Waals surface area contributed by atoms with E-state index < -0.39 is 0 Å². The highest BCUT2D eigenvalue weighted by molar-refractivity contribution is 5.57. The molecule has 0 aliphatic heterocycles. The second-order valence-corrected chi connectivity index (χ2v) is 4.75. The van der Waals surface area contributed by atoms with E-state index >= 15 is 0 Å². The van der Waals surface area contributed by atoms with Gasteiger partial charge in [-0.1, -0.05) is 30.3 Å². The van der Waals surface area contributed by atoms with Crippen molar-refractivity contribution >= 4 is 5.69 Å². The van der Waals surface area contributed by atoms with Crippen molar-refractivity contribution in [1.82, 2.24) is 0 Å². The van der Waals surface area contributed by atoms with Crippen LogP contribution in [0.25, 0.3) is 0 Å². The Hall–Kier alpha value is -2.20. The predicted octanol–water partition coefficient (Wildman–Crippen LogP) is 2.67. The van der Waals surface area contributed by atoms with Crippen molar-refractivity contribution in [3.05, 3.63) is 54.1 Å². The summed E-state index contributed by atoms with van der Waals surface area (Å²) in [5.41, 5.74) is 7.78. The zero-order valence-electron chi connectivity index (χ0n) is 12.6. The Morgan fingerprint density at radius 1 is 1.00 bits per heavy atom. The fourth-order valence-corrected chi connectivity index (χ4v) is 2.17. The van der Waals surface area contributed by atoms with Crippen molar-refractivity contribution < 1.29 is 9.47 Å². The molecule has 2 N–H and O–H groups in total. The Morgan fingerprint density at radius 3 is 2.38 bits per heavy atom. The second kappa shape index (κ2) is 7.55. The average molecular weight is 286 g/mol. The first kappa shape index (κ1) is 15.2. The number of anilines is 1. The SMILES string of the molecule is COc1ccccc1N(C)CCOc1ccccc1CN. The molecule has 0 fully saturated rings. The zero-order valence-corrected chi connectivity index (χ0v) is 12.6. The number of nitrogens with two attached hydrogens (primary N) is 1. The molecule has 0 atom stereocenters. The van der Waals surface area contributed by atoms with Gasteiger partial charge in [0.05, 0.1) is 19.3 Å². The van der Waals surface area contributed by atoms with Gasteiger partial charge in [-0.2, -0.15) is 0 Å². The Morgan fingerprint density at radius 2 is 1.67 bits per heavy atom. The van der Waals surface area contributed by atoms with Crippen molar-refractivity contribution in [2.75, 3.05) is 32.2 Å². The van der Waals surface area contributed by atoms with E-state index in [1.807, 2.05) is 55.6 Å². The van der Waals surface area contributed by atoms with Crippen LogP contribution in [0.4, 0.5) is 5.69 Å². The molecule has 0 aliphatic carbocycles. The Balaban J connectivity index is 1.94. The number of ether oxygens (including phenoxy) is 2. The topological polar surface area (TPSA) is 47.7 Å². The van der Waals surface area contributed by atoms with Crippen LogP contribution >= 0.6 is 0 Å². The van der Waals surface area contributed by atoms with Crippen molar-refractivity contribution in [1.29, 1.82) is 0 Å². The standard InChI is InChI=1S/C17H22N2O2/c1-19(15-8-4-6-10-17(15)20-2)11-12-21-16-9-5-3-7-14(16)13-18/h3-10H,11-13,18H2,1-2H3. The van der Waals surface area contributed by atoms with Crippen molar-refractivity contribution in [3.63, 3.8) is 0 Å². The normalized spacial score (nSPS) is 10.2. The third-order valence-electron chi connectivity index (χ3n) is 3.37. The highest BCUT2D eigenvalue weighted by atomic mass is 16.5. The van der Waals surface area contributed by atoms with Gasteiger partial charge in [0.2, 0.25) is 0 Å². The van der Waals surface area contributed by atoms with Gasteiger partial charge in [0.1, 0.15) is 18.1 Å². The first-order valence-electron chi connectivity index (χ1n) is 7.01. The van der Waals surface area contributed by atoms with Gasteiger partial charge in [0.25, 0.3) is 0 Å². The van der Waals surface area contributed by atoms with Crippen LogP contribution < -0.4 is 20.1 Å². The summed E-state index contributed by atoms with van der Waals surface area (Å²) in [4.78, 5) is 2.11. The van der Waals surface area contributed by atoms with Gasteiger partial charge in [-0.15, -0.1) is 0 Å². The molecule has 4 heteroatoms. The molecule has 0 saturated heterocycles. The van der Waals surface area contributed by atoms with Crippen LogP contribution in [0, 0.1) is 0 Å². The molecule has 0 heterocycles. The number of para-hydroxylation sites is 3. The summed E-state index contributed by atoms with van der Waals surface area (Å²) >= 11 is 0. The third-order valence-corrected chi connectivity index (χ3v) is 3.37. The molecular formula is C17H22N2O2. The number of nitrogens with zero attached hydrogens (tertiary/aromatic N) is 1. The van der Waals surface area contributed by atoms with Gasteiger partial charge in [-0.3, -0.25) is 0 Å². The summed E-state index contributed by atoms with van der Waals surface area (Å²) < 4.78 is 11.2. The van der Waals surface area contributed by atoms with Crippen LogP contribution in [0.2, 0.25) is 0 Å². The third kappa shape index (κ3) is 3.89. The number of rotatable bonds is 7. The largest absolute Gasteiger partial charge is 0.495 e. The van der Waals surface area contributed by atoms with Crippen LogP contribution in [0.5, 0.6) is 11.5 Å². The average Bonchev–Trinajstić information content (AvgIpc) is 2.55. The Bertz CT molecular complexity index is 572. The second-order valence-electron chi connectivity index (χ2n) is 4.75. The van der Waals surface area contributed by atoms with Gasteiger partial charge >= 0.3 is 0 Å². The fraction of sp³-hybridized carbons (Fsp3) is 0.294. The molecule has 21 heavy (non-hydrogen) atoms. The molecule has 2 rings (SSSR count). The monoisotopic (exact) mass is 286 g/mol. The molecule has 0 unspecified atom stereocenters. The van der Waals surface area contributed by atoms with Gasteiger partial charge in [-0.05, 0) is 18.2 Å². The maximum atomic E-state index is 5.83. The number of hydrogen-bond donors (Lipinski definition) is 1. The molecule has 0 radical (unpaired) electrons. The minimum absolute atomic E-state index is 0.485. The minimum Gasteiger partial charge on any atom is -0.495 e. The van der Waals surface area contributed by atoms with Crippen molar-refractivity contribution in [2.24, 2.45) is 5.73 Å². The van der Waals surface area contributed by atoms with E-state index in [1.165, 1.54) is 0 Å². The van der Waals surface area contributed by atoms with E-state index in [0.29, 0.717) is 13.2 Å². The van der Waals surface area contributed by atoms with E-state index in [0.717, 1.165) is 29.3 Å². The maximum Gasteiger partial charge on any atom is 0.142 e. The van der Waals surface area contributed by atoms with Crippen LogP contribution in [0.3, 0.4) is 0 Å². The summed E-state index contributed by atoms with van der Waals surface area (Å²) in [5.74, 6) is 1.72. The molecule has 2 aromatic rings. The predicted molar refractivity (Wildman–Crippen MR) is 86.1 cm³/mol. The molecule has 2 aromatic carbocycles. The van der Waals surface area contributed by atoms with Gasteiger partial charge in [-0.25, -0.2) is 0 Å². The highest BCUT2D eigenvalue weighted by Crippen LogP contribution is 2.26. The van der Waals surface area contributed by atoms with Gasteiger partial charge in [0.15, 0.2) is 0 Å². The summed E-state index contributed by atoms with van der Waals surface area (Å²) in [5, 5.41) is 0. The van der Waals surface area contributed by atoms with E-state index in [-0.39, 0.29) is 0 Å². The zero-order chi connectivity index (χ0) is 15.1. The van der Waals surface area contributed by atoms with Crippen molar-refractivity contribution in [2.45, 2.75) is 6.54 Å². The lowest BCUT2D eigenvalue weighted by atomic mass is 10.2. The van der Waals surface area contributed by atoms with Crippen molar-refractivity contribution in [3.8, 4) is 11.5 Å². The summed E-state index contributed by atoms with van der Waals surface area (Å²) in [7, 11) is 3.71. The molecule has 0 aromatic heterocycles. The Labute approximate surface area is 126 Å². The first-order chi connectivity index (χ1) is 10.3. The van der Waals surface area contributed by atoms with Gasteiger partial charge in [0, 0.05) is 19.2 Å². The van der Waals surface area contributed by atoms with Crippen LogP contribution in [-0.4, -0.2) is 27.3 Å². The first-order valence-corrected chi connectivity index (χ1v) is 7.01. The molecule has 0 saturated carbocycles. The van der Waals surface area contributed by atoms with E-state index in [4.69, 9.17) is 15.2 Å². The molecule has 4 nitrogen and oxygen atoms in total. The number of methoxy groups -OCH3 is 1. The lowest BCUT2D eigenvalue weighted by Crippen LogP contribution is -2.24. The summed E-state index contributed by atoms with van der Waals surface area (Å²) in [6, 6.07) is 15.8. The number of benzene rings is 2. The smallest absolute Gasteiger partial charge is 0.142 e. The minimum atomic E-state index is 0.485. The fourth-order valence-electron chi connectivity index (χ4n) is 2.17. The van der Waals surface area contributed by atoms with E-state index in [1.54, 1.807) is 7.11 Å².